The SMILES string of the molecule is COc1cc(OC)cc(C(=O)N2CC(=O)Nc3ccc(Cl)cc3[C@H]2c2ccccc2)c1. The highest BCUT2D eigenvalue weighted by Crippen LogP contribution is 2.38. The lowest BCUT2D eigenvalue weighted by Crippen LogP contribution is -2.39. The van der Waals surface area contributed by atoms with E-state index in [1.165, 1.54) is 14.2 Å². The Bertz CT molecular complexity index is 1110. The summed E-state index contributed by atoms with van der Waals surface area (Å²) in [4.78, 5) is 28.0. The zero-order valence-corrected chi connectivity index (χ0v) is 17.8. The summed E-state index contributed by atoms with van der Waals surface area (Å²) in [5.74, 6) is 0.364. The van der Waals surface area contributed by atoms with Crippen molar-refractivity contribution in [3.05, 3.63) is 88.4 Å². The number of carbonyl (C=O) groups is 2. The van der Waals surface area contributed by atoms with Crippen molar-refractivity contribution in [2.45, 2.75) is 6.04 Å². The number of amides is 2. The van der Waals surface area contributed by atoms with Crippen LogP contribution in [-0.2, 0) is 4.79 Å². The molecule has 0 aromatic heterocycles. The molecule has 0 aliphatic carbocycles. The van der Waals surface area contributed by atoms with Gasteiger partial charge in [0.25, 0.3) is 5.91 Å². The standard InChI is InChI=1S/C24H21ClN2O4/c1-30-18-10-16(11-19(13-18)31-2)24(29)27-14-22(28)26-21-9-8-17(25)12-20(21)23(27)15-6-4-3-5-7-15/h3-13,23H,14H2,1-2H3,(H,26,28)/t23-/m1/s1. The molecule has 0 unspecified atom stereocenters. The van der Waals surface area contributed by atoms with Gasteiger partial charge in [0.15, 0.2) is 0 Å². The lowest BCUT2D eigenvalue weighted by molar-refractivity contribution is -0.117. The molecule has 4 rings (SSSR count). The minimum absolute atomic E-state index is 0.121. The summed E-state index contributed by atoms with van der Waals surface area (Å²) in [5.41, 5.74) is 2.59. The van der Waals surface area contributed by atoms with Crippen molar-refractivity contribution in [1.82, 2.24) is 4.90 Å². The lowest BCUT2D eigenvalue weighted by atomic mass is 9.95. The Balaban J connectivity index is 1.88. The molecule has 1 N–H and O–H groups in total. The van der Waals surface area contributed by atoms with Crippen LogP contribution in [0.4, 0.5) is 5.69 Å². The second kappa shape index (κ2) is 8.70. The molecule has 2 amide bonds. The van der Waals surface area contributed by atoms with Crippen LogP contribution in [-0.4, -0.2) is 37.5 Å². The van der Waals surface area contributed by atoms with Gasteiger partial charge in [-0.15, -0.1) is 0 Å². The Hall–Kier alpha value is -3.51. The van der Waals surface area contributed by atoms with E-state index < -0.39 is 6.04 Å². The third kappa shape index (κ3) is 4.20. The first kappa shape index (κ1) is 20.8. The first-order valence-corrected chi connectivity index (χ1v) is 10.1. The van der Waals surface area contributed by atoms with E-state index in [4.69, 9.17) is 21.1 Å². The monoisotopic (exact) mass is 436 g/mol. The van der Waals surface area contributed by atoms with Crippen molar-refractivity contribution in [3.8, 4) is 11.5 Å². The molecule has 3 aromatic carbocycles. The van der Waals surface area contributed by atoms with Crippen LogP contribution >= 0.6 is 11.6 Å². The van der Waals surface area contributed by atoms with E-state index in [0.29, 0.717) is 27.8 Å². The molecule has 0 saturated carbocycles. The van der Waals surface area contributed by atoms with Gasteiger partial charge in [0, 0.05) is 27.9 Å². The number of nitrogens with zero attached hydrogens (tertiary/aromatic N) is 1. The van der Waals surface area contributed by atoms with E-state index in [1.807, 2.05) is 30.3 Å². The number of rotatable bonds is 4. The van der Waals surface area contributed by atoms with Gasteiger partial charge in [-0.2, -0.15) is 0 Å². The van der Waals surface area contributed by atoms with Crippen molar-refractivity contribution in [2.24, 2.45) is 0 Å². The van der Waals surface area contributed by atoms with Crippen molar-refractivity contribution in [2.75, 3.05) is 26.1 Å². The maximum Gasteiger partial charge on any atom is 0.255 e. The number of methoxy groups -OCH3 is 2. The summed E-state index contributed by atoms with van der Waals surface area (Å²) < 4.78 is 10.6. The molecule has 3 aromatic rings. The second-order valence-electron chi connectivity index (χ2n) is 7.13. The van der Waals surface area contributed by atoms with Gasteiger partial charge in [-0.25, -0.2) is 0 Å². The highest BCUT2D eigenvalue weighted by molar-refractivity contribution is 6.30. The number of nitrogens with one attached hydrogen (secondary N) is 1. The molecule has 1 aliphatic heterocycles. The number of halogens is 1. The van der Waals surface area contributed by atoms with Crippen LogP contribution in [0.5, 0.6) is 11.5 Å². The number of hydrogen-bond donors (Lipinski definition) is 1. The first-order valence-electron chi connectivity index (χ1n) is 9.68. The number of ether oxygens (including phenoxy) is 2. The third-order valence-electron chi connectivity index (χ3n) is 5.18. The minimum Gasteiger partial charge on any atom is -0.497 e. The highest BCUT2D eigenvalue weighted by atomic mass is 35.5. The molecule has 6 nitrogen and oxygen atoms in total. The summed E-state index contributed by atoms with van der Waals surface area (Å²) >= 11 is 6.29. The molecule has 0 saturated heterocycles. The molecule has 0 spiro atoms. The number of benzene rings is 3. The van der Waals surface area contributed by atoms with Crippen LogP contribution in [0.15, 0.2) is 66.7 Å². The van der Waals surface area contributed by atoms with Crippen LogP contribution in [0.3, 0.4) is 0 Å². The van der Waals surface area contributed by atoms with Gasteiger partial charge in [0.05, 0.1) is 20.3 Å². The zero-order chi connectivity index (χ0) is 22.0. The smallest absolute Gasteiger partial charge is 0.255 e. The fourth-order valence-electron chi connectivity index (χ4n) is 3.76. The number of anilines is 1. The molecule has 1 heterocycles. The van der Waals surface area contributed by atoms with Crippen LogP contribution in [0, 0.1) is 0 Å². The van der Waals surface area contributed by atoms with E-state index >= 15 is 0 Å². The van der Waals surface area contributed by atoms with E-state index in [-0.39, 0.29) is 18.4 Å². The molecular weight excluding hydrogens is 416 g/mol. The maximum absolute atomic E-state index is 13.7. The molecule has 1 atom stereocenters. The molecule has 158 valence electrons. The lowest BCUT2D eigenvalue weighted by Gasteiger charge is -2.31. The molecule has 1 aliphatic rings. The molecule has 0 fully saturated rings. The zero-order valence-electron chi connectivity index (χ0n) is 17.1. The van der Waals surface area contributed by atoms with Gasteiger partial charge in [0.2, 0.25) is 5.91 Å². The van der Waals surface area contributed by atoms with Crippen molar-refractivity contribution in [1.29, 1.82) is 0 Å². The fourth-order valence-corrected chi connectivity index (χ4v) is 3.94. The van der Waals surface area contributed by atoms with Crippen LogP contribution in [0.25, 0.3) is 0 Å². The normalized spacial score (nSPS) is 15.5. The first-order chi connectivity index (χ1) is 15.0. The average molecular weight is 437 g/mol. The van der Waals surface area contributed by atoms with E-state index in [9.17, 15) is 9.59 Å². The molecule has 7 heteroatoms. The quantitative estimate of drug-likeness (QED) is 0.652. The van der Waals surface area contributed by atoms with Crippen molar-refractivity contribution < 1.29 is 19.1 Å². The largest absolute Gasteiger partial charge is 0.497 e. The predicted molar refractivity (Wildman–Crippen MR) is 119 cm³/mol. The minimum atomic E-state index is -0.515. The predicted octanol–water partition coefficient (Wildman–Crippen LogP) is 4.54. The second-order valence-corrected chi connectivity index (χ2v) is 7.56. The van der Waals surface area contributed by atoms with Gasteiger partial charge in [-0.05, 0) is 35.9 Å². The van der Waals surface area contributed by atoms with Gasteiger partial charge in [0.1, 0.15) is 18.0 Å². The molecule has 0 radical (unpaired) electrons. The van der Waals surface area contributed by atoms with Gasteiger partial charge in [-0.1, -0.05) is 41.9 Å². The Labute approximate surface area is 185 Å². The molecule has 0 bridgehead atoms. The Morgan fingerprint density at radius 2 is 1.68 bits per heavy atom. The number of hydrogen-bond acceptors (Lipinski definition) is 4. The number of fused-ring (bicyclic) bond motifs is 1. The highest BCUT2D eigenvalue weighted by Gasteiger charge is 2.34. The summed E-state index contributed by atoms with van der Waals surface area (Å²) in [6.07, 6.45) is 0. The third-order valence-corrected chi connectivity index (χ3v) is 5.42. The van der Waals surface area contributed by atoms with Gasteiger partial charge in [-0.3, -0.25) is 9.59 Å². The molecule has 31 heavy (non-hydrogen) atoms. The number of carbonyl (C=O) groups excluding carboxylic acids is 2. The van der Waals surface area contributed by atoms with Crippen molar-refractivity contribution >= 4 is 29.1 Å². The average Bonchev–Trinajstić information content (AvgIpc) is 2.94. The van der Waals surface area contributed by atoms with E-state index in [2.05, 4.69) is 5.32 Å². The van der Waals surface area contributed by atoms with Crippen LogP contribution < -0.4 is 14.8 Å². The Kier molecular flexibility index (Phi) is 5.82. The van der Waals surface area contributed by atoms with Gasteiger partial charge < -0.3 is 19.7 Å². The van der Waals surface area contributed by atoms with Crippen LogP contribution in [0.2, 0.25) is 5.02 Å². The maximum atomic E-state index is 13.7. The van der Waals surface area contributed by atoms with E-state index in [1.54, 1.807) is 41.3 Å². The fraction of sp³-hybridized carbons (Fsp3) is 0.167. The van der Waals surface area contributed by atoms with Gasteiger partial charge >= 0.3 is 0 Å². The molecular formula is C24H21ClN2O4. The van der Waals surface area contributed by atoms with E-state index in [0.717, 1.165) is 11.1 Å². The van der Waals surface area contributed by atoms with Crippen molar-refractivity contribution in [3.63, 3.8) is 0 Å². The summed E-state index contributed by atoms with van der Waals surface area (Å²) in [7, 11) is 3.04. The Morgan fingerprint density at radius 3 is 2.32 bits per heavy atom. The summed E-state index contributed by atoms with van der Waals surface area (Å²) in [5, 5.41) is 3.41. The summed E-state index contributed by atoms with van der Waals surface area (Å²) in [6, 6.07) is 19.3. The Morgan fingerprint density at radius 1 is 1.00 bits per heavy atom. The topological polar surface area (TPSA) is 67.9 Å². The van der Waals surface area contributed by atoms with Crippen LogP contribution in [0.1, 0.15) is 27.5 Å². The summed E-state index contributed by atoms with van der Waals surface area (Å²) in [6.45, 7) is -0.121.